The van der Waals surface area contributed by atoms with Crippen LogP contribution in [0, 0.1) is 13.8 Å². The molecular formula is C23H28N6O. The van der Waals surface area contributed by atoms with Crippen molar-refractivity contribution in [3.05, 3.63) is 41.3 Å². The molecule has 3 aromatic heterocycles. The third-order valence-corrected chi connectivity index (χ3v) is 5.24. The third-order valence-electron chi connectivity index (χ3n) is 5.24. The Labute approximate surface area is 175 Å². The smallest absolute Gasteiger partial charge is 0.123 e. The lowest BCUT2D eigenvalue weighted by Gasteiger charge is -2.11. The van der Waals surface area contributed by atoms with Crippen LogP contribution < -0.4 is 10.2 Å². The van der Waals surface area contributed by atoms with Gasteiger partial charge >= 0.3 is 0 Å². The number of hydrogen-bond acceptors (Lipinski definition) is 5. The van der Waals surface area contributed by atoms with Gasteiger partial charge in [-0.15, -0.1) is 0 Å². The van der Waals surface area contributed by atoms with Gasteiger partial charge in [0.05, 0.1) is 24.0 Å². The second-order valence-corrected chi connectivity index (χ2v) is 8.03. The maximum Gasteiger partial charge on any atom is 0.123 e. The van der Waals surface area contributed by atoms with E-state index in [1.807, 2.05) is 33.0 Å². The number of nitrogens with one attached hydrogen (secondary N) is 3. The lowest BCUT2D eigenvalue weighted by Crippen LogP contribution is -2.18. The van der Waals surface area contributed by atoms with Crippen LogP contribution in [0.4, 0.5) is 0 Å². The van der Waals surface area contributed by atoms with E-state index in [1.54, 1.807) is 7.11 Å². The van der Waals surface area contributed by atoms with Crippen molar-refractivity contribution in [1.29, 1.82) is 0 Å². The van der Waals surface area contributed by atoms with Crippen molar-refractivity contribution < 1.29 is 4.74 Å². The molecule has 156 valence electrons. The molecule has 4 rings (SSSR count). The Morgan fingerprint density at radius 2 is 2.03 bits per heavy atom. The Hall–Kier alpha value is -3.35. The summed E-state index contributed by atoms with van der Waals surface area (Å²) < 4.78 is 5.75. The number of rotatable bonds is 6. The van der Waals surface area contributed by atoms with Crippen LogP contribution in [-0.2, 0) is 6.42 Å². The number of pyridine rings is 1. The molecule has 0 saturated heterocycles. The monoisotopic (exact) mass is 404 g/mol. The van der Waals surface area contributed by atoms with E-state index in [0.29, 0.717) is 12.5 Å². The van der Waals surface area contributed by atoms with E-state index >= 15 is 0 Å². The van der Waals surface area contributed by atoms with E-state index in [4.69, 9.17) is 9.72 Å². The molecule has 4 aromatic rings. The average Bonchev–Trinajstić information content (AvgIpc) is 3.24. The van der Waals surface area contributed by atoms with Gasteiger partial charge in [-0.05, 0) is 52.8 Å². The van der Waals surface area contributed by atoms with E-state index in [2.05, 4.69) is 51.7 Å². The molecule has 0 bridgehead atoms. The zero-order valence-corrected chi connectivity index (χ0v) is 18.3. The van der Waals surface area contributed by atoms with Gasteiger partial charge in [-0.2, -0.15) is 10.2 Å². The molecule has 3 heterocycles. The fourth-order valence-electron chi connectivity index (χ4n) is 3.89. The first-order valence-corrected chi connectivity index (χ1v) is 10.2. The maximum absolute atomic E-state index is 5.75. The van der Waals surface area contributed by atoms with Gasteiger partial charge in [0.25, 0.3) is 0 Å². The van der Waals surface area contributed by atoms with Crippen LogP contribution in [0.25, 0.3) is 33.1 Å². The second-order valence-electron chi connectivity index (χ2n) is 8.03. The molecule has 7 heteroatoms. The predicted molar refractivity (Wildman–Crippen MR) is 122 cm³/mol. The van der Waals surface area contributed by atoms with Crippen LogP contribution in [-0.4, -0.2) is 39.0 Å². The molecule has 0 aliphatic rings. The Morgan fingerprint density at radius 3 is 2.70 bits per heavy atom. The first-order valence-electron chi connectivity index (χ1n) is 10.2. The van der Waals surface area contributed by atoms with Crippen molar-refractivity contribution >= 4 is 27.5 Å². The van der Waals surface area contributed by atoms with E-state index in [9.17, 15) is 0 Å². The highest BCUT2D eigenvalue weighted by Gasteiger charge is 2.18. The number of fused-ring (bicyclic) bond motifs is 3. The highest BCUT2D eigenvalue weighted by Crippen LogP contribution is 2.37. The van der Waals surface area contributed by atoms with Crippen LogP contribution in [0.15, 0.2) is 29.5 Å². The van der Waals surface area contributed by atoms with E-state index < -0.39 is 0 Å². The standard InChI is InChI=1S/C23H28N6O/c1-12(2)26-27-13(3)9-16-10-19-17(11-20(16)30-6)22-18(25-19)7-8-24-23(22)21-14(4)28-29-15(21)5/h7-8,10-12,25-26H,9H2,1-6H3,(H,28,29)/b27-13-. The lowest BCUT2D eigenvalue weighted by molar-refractivity contribution is 0.411. The number of nitrogens with zero attached hydrogens (tertiary/aromatic N) is 3. The summed E-state index contributed by atoms with van der Waals surface area (Å²) in [6.07, 6.45) is 2.55. The number of aromatic amines is 2. The van der Waals surface area contributed by atoms with Gasteiger partial charge in [0.2, 0.25) is 0 Å². The molecule has 0 fully saturated rings. The van der Waals surface area contributed by atoms with Gasteiger partial charge in [-0.1, -0.05) is 0 Å². The number of aryl methyl sites for hydroxylation is 2. The first kappa shape index (κ1) is 19.9. The summed E-state index contributed by atoms with van der Waals surface area (Å²) in [6.45, 7) is 10.2. The quantitative estimate of drug-likeness (QED) is 0.322. The minimum absolute atomic E-state index is 0.304. The normalized spacial score (nSPS) is 12.3. The second kappa shape index (κ2) is 7.82. The molecule has 0 spiro atoms. The van der Waals surface area contributed by atoms with Crippen molar-refractivity contribution in [2.75, 3.05) is 7.11 Å². The summed E-state index contributed by atoms with van der Waals surface area (Å²) in [5, 5.41) is 14.1. The van der Waals surface area contributed by atoms with E-state index in [-0.39, 0.29) is 0 Å². The molecular weight excluding hydrogens is 376 g/mol. The Balaban J connectivity index is 1.88. The fraction of sp³-hybridized carbons (Fsp3) is 0.348. The number of aromatic nitrogens is 4. The molecule has 0 amide bonds. The minimum atomic E-state index is 0.304. The molecule has 0 radical (unpaired) electrons. The number of hydrogen-bond donors (Lipinski definition) is 3. The van der Waals surface area contributed by atoms with E-state index in [0.717, 1.165) is 61.5 Å². The SMILES string of the molecule is COc1cc2c(cc1C/C(C)=N\NC(C)C)[nH]c1ccnc(-c3c(C)n[nH]c3C)c12. The summed E-state index contributed by atoms with van der Waals surface area (Å²) in [4.78, 5) is 8.27. The predicted octanol–water partition coefficient (Wildman–Crippen LogP) is 4.65. The summed E-state index contributed by atoms with van der Waals surface area (Å²) in [7, 11) is 1.71. The summed E-state index contributed by atoms with van der Waals surface area (Å²) in [5.74, 6) is 0.845. The maximum atomic E-state index is 5.75. The summed E-state index contributed by atoms with van der Waals surface area (Å²) >= 11 is 0. The highest BCUT2D eigenvalue weighted by atomic mass is 16.5. The summed E-state index contributed by atoms with van der Waals surface area (Å²) in [5.41, 5.74) is 11.2. The highest BCUT2D eigenvalue weighted by molar-refractivity contribution is 6.14. The largest absolute Gasteiger partial charge is 0.496 e. The van der Waals surface area contributed by atoms with Gasteiger partial charge in [-0.3, -0.25) is 10.1 Å². The number of ether oxygens (including phenoxy) is 1. The van der Waals surface area contributed by atoms with Crippen molar-refractivity contribution in [2.24, 2.45) is 5.10 Å². The Kier molecular flexibility index (Phi) is 5.20. The van der Waals surface area contributed by atoms with E-state index in [1.165, 1.54) is 0 Å². The van der Waals surface area contributed by atoms with Crippen molar-refractivity contribution in [2.45, 2.75) is 47.1 Å². The number of methoxy groups -OCH3 is 1. The first-order chi connectivity index (χ1) is 14.4. The van der Waals surface area contributed by atoms with Crippen LogP contribution in [0.1, 0.15) is 37.7 Å². The average molecular weight is 405 g/mol. The van der Waals surface area contributed by atoms with Gasteiger partial charge in [-0.25, -0.2) is 0 Å². The van der Waals surface area contributed by atoms with Crippen LogP contribution in [0.3, 0.4) is 0 Å². The molecule has 30 heavy (non-hydrogen) atoms. The molecule has 1 aromatic carbocycles. The zero-order valence-electron chi connectivity index (χ0n) is 18.3. The fourth-order valence-corrected chi connectivity index (χ4v) is 3.89. The third kappa shape index (κ3) is 3.51. The Bertz CT molecular complexity index is 1230. The van der Waals surface area contributed by atoms with Crippen LogP contribution in [0.5, 0.6) is 5.75 Å². The molecule has 0 atom stereocenters. The topological polar surface area (TPSA) is 91.0 Å². The van der Waals surface area contributed by atoms with Gasteiger partial charge < -0.3 is 15.1 Å². The zero-order chi connectivity index (χ0) is 21.4. The molecule has 0 unspecified atom stereocenters. The molecule has 7 nitrogen and oxygen atoms in total. The van der Waals surface area contributed by atoms with Crippen molar-refractivity contribution in [1.82, 2.24) is 25.6 Å². The lowest BCUT2D eigenvalue weighted by atomic mass is 10.0. The number of H-pyrrole nitrogens is 2. The van der Waals surface area contributed by atoms with Crippen LogP contribution >= 0.6 is 0 Å². The van der Waals surface area contributed by atoms with Gasteiger partial charge in [0, 0.05) is 57.5 Å². The van der Waals surface area contributed by atoms with Gasteiger partial charge in [0.15, 0.2) is 0 Å². The minimum Gasteiger partial charge on any atom is -0.496 e. The molecule has 0 aliphatic heterocycles. The van der Waals surface area contributed by atoms with Crippen molar-refractivity contribution in [3.63, 3.8) is 0 Å². The molecule has 3 N–H and O–H groups in total. The number of hydrazone groups is 1. The molecule has 0 saturated carbocycles. The molecule has 0 aliphatic carbocycles. The van der Waals surface area contributed by atoms with Gasteiger partial charge in [0.1, 0.15) is 5.75 Å². The van der Waals surface area contributed by atoms with Crippen molar-refractivity contribution in [3.8, 4) is 17.0 Å². The Morgan fingerprint density at radius 1 is 1.23 bits per heavy atom. The van der Waals surface area contributed by atoms with Crippen LogP contribution in [0.2, 0.25) is 0 Å². The summed E-state index contributed by atoms with van der Waals surface area (Å²) in [6, 6.07) is 6.57. The number of benzene rings is 1.